The molecule has 0 radical (unpaired) electrons. The summed E-state index contributed by atoms with van der Waals surface area (Å²) in [7, 11) is 4.02. The van der Waals surface area contributed by atoms with Gasteiger partial charge in [-0.2, -0.15) is 45.7 Å². The maximum atomic E-state index is 11.3. The van der Waals surface area contributed by atoms with Crippen LogP contribution in [0.5, 0.6) is 5.75 Å². The summed E-state index contributed by atoms with van der Waals surface area (Å²) in [5.74, 6) is 2.37. The van der Waals surface area contributed by atoms with Gasteiger partial charge in [0.25, 0.3) is 0 Å². The molecule has 0 saturated heterocycles. The average Bonchev–Trinajstić information content (AvgIpc) is 0.833. The zero-order valence-corrected chi connectivity index (χ0v) is 98.9. The summed E-state index contributed by atoms with van der Waals surface area (Å²) in [6.07, 6.45) is -4.51. The number of phenols is 1. The van der Waals surface area contributed by atoms with E-state index < -0.39 is 65.5 Å². The first-order chi connectivity index (χ1) is 68.8. The molecule has 0 aliphatic carbocycles. The predicted molar refractivity (Wildman–Crippen MR) is 615 cm³/mol. The van der Waals surface area contributed by atoms with Crippen molar-refractivity contribution in [1.82, 2.24) is 9.97 Å². The molecule has 0 aliphatic rings. The third kappa shape index (κ3) is 39.3. The molecule has 0 amide bonds. The van der Waals surface area contributed by atoms with E-state index in [1.165, 1.54) is 67.0 Å². The molecule has 0 unspecified atom stereocenters. The molecule has 16 rings (SSSR count). The minimum Gasteiger partial charge on any atom is -0.779 e. The number of halogens is 5. The van der Waals surface area contributed by atoms with Crippen LogP contribution in [0.25, 0.3) is 66.8 Å². The third-order valence-electron chi connectivity index (χ3n) is 22.9. The van der Waals surface area contributed by atoms with E-state index in [0.717, 1.165) is 88.4 Å². The number of phenolic OH excluding ortho intramolecular Hbond substituents is 1. The van der Waals surface area contributed by atoms with Gasteiger partial charge in [-0.05, 0) is 81.6 Å². The Balaban J connectivity index is 0.000000228. The first kappa shape index (κ1) is 122. The Morgan fingerprint density at radius 3 is 0.911 bits per heavy atom. The predicted octanol–water partition coefficient (Wildman–Crippen LogP) is 36.9. The van der Waals surface area contributed by atoms with Crippen molar-refractivity contribution >= 4 is 84.4 Å². The standard InChI is InChI=1S/C20H19NO.2C18H14S.2C12H17N.2C10H12.C6H3Cl2N.2C6H8N.C5H10.C4H7F3O.CH3.2Mo.W/c1-21(2)17-13-18(15-9-5-3-6-10-15)20(22)19(14-17)16-11-7-4-8-12-16;2*19-18-16(14-8-3-1-4-9-14)12-7-13-17(18)15-10-5-2-6-11-15;2*1-8(2)10-6-5-7-11(9(3)4)12(10)13;2*1-10(2,3)9-7-5-4-6-8-9;7-4-2-1-3-5(8)6(4)9;2*1-5-3-4-6(2)7-5;1-5(2,3)4;1-3(2,8)4(5,6)7;;;;/h3-14,22H,1-2H3;2*1-13,19H;2*5-9H,1-4H3;2*1,4-8H,2-3H3;1-3H;2*3-4H,1-2H3;1H,2-4H3;8H,1-2H3;1H3;;;/q;;;;;;;;2*-1;;;-1;;+2;/p-2. The van der Waals surface area contributed by atoms with E-state index in [1.807, 2.05) is 230 Å². The van der Waals surface area contributed by atoms with Crippen LogP contribution in [0.3, 0.4) is 0 Å². The smallest absolute Gasteiger partial charge is 0.131 e. The summed E-state index contributed by atoms with van der Waals surface area (Å²) < 4.78 is 55.9. The summed E-state index contributed by atoms with van der Waals surface area (Å²) in [6, 6.07) is 126. The van der Waals surface area contributed by atoms with Gasteiger partial charge in [0, 0.05) is 30.9 Å². The Kier molecular flexibility index (Phi) is 50.1. The monoisotopic (exact) mass is 2370 g/mol. The zero-order valence-electron chi connectivity index (χ0n) is 88.8. The van der Waals surface area contributed by atoms with Crippen LogP contribution in [0.15, 0.2) is 390 Å². The third-order valence-corrected chi connectivity index (χ3v) is 33.1. The topological polar surface area (TPSA) is 109 Å². The van der Waals surface area contributed by atoms with Crippen molar-refractivity contribution in [3.63, 3.8) is 0 Å². The second-order valence-corrected chi connectivity index (χ2v) is 46.1. The molecule has 0 saturated carbocycles. The van der Waals surface area contributed by atoms with Crippen molar-refractivity contribution in [1.29, 1.82) is 0 Å². The van der Waals surface area contributed by atoms with Crippen molar-refractivity contribution in [2.75, 3.05) is 19.0 Å². The number of aryl methyl sites for hydroxylation is 4. The molecule has 0 spiro atoms. The normalized spacial score (nSPS) is 10.9. The molecule has 2 N–H and O–H groups in total. The van der Waals surface area contributed by atoms with Crippen LogP contribution >= 0.6 is 23.2 Å². The van der Waals surface area contributed by atoms with Gasteiger partial charge in [0.1, 0.15) is 5.75 Å². The molecule has 2 aromatic heterocycles. The van der Waals surface area contributed by atoms with Gasteiger partial charge in [0.15, 0.2) is 5.60 Å². The van der Waals surface area contributed by atoms with E-state index in [9.17, 15) is 18.3 Å². The van der Waals surface area contributed by atoms with Gasteiger partial charge in [0.05, 0.1) is 0 Å². The first-order valence-corrected chi connectivity index (χ1v) is 57.3. The van der Waals surface area contributed by atoms with E-state index in [4.69, 9.17) is 60.6 Å². The van der Waals surface area contributed by atoms with Crippen LogP contribution in [0.2, 0.25) is 10.0 Å². The number of alkyl halides is 3. The van der Waals surface area contributed by atoms with Crippen molar-refractivity contribution in [3.05, 3.63) is 444 Å². The molecule has 0 aliphatic heterocycles. The minimum absolute atomic E-state index is 0. The van der Waals surface area contributed by atoms with Gasteiger partial charge in [-0.25, -0.2) is 0 Å². The van der Waals surface area contributed by atoms with Crippen LogP contribution < -0.4 is 14.9 Å². The maximum Gasteiger partial charge on any atom is 0.131 e. The van der Waals surface area contributed by atoms with Gasteiger partial charge in [-0.1, -0.05) is 270 Å². The van der Waals surface area contributed by atoms with Gasteiger partial charge in [-0.3, -0.25) is 0 Å². The summed E-state index contributed by atoms with van der Waals surface area (Å²) >= 11 is 21.4. The Morgan fingerprint density at radius 1 is 0.377 bits per heavy atom. The van der Waals surface area contributed by atoms with Crippen LogP contribution in [0.1, 0.15) is 198 Å². The number of hydrogen-bond donors (Lipinski definition) is 2. The minimum atomic E-state index is -4.51. The molecule has 8 nitrogen and oxygen atoms in total. The number of hydrogen-bond acceptors (Lipinski definition) is 8. The Hall–Kier alpha value is -10.9. The number of aliphatic hydroxyl groups is 1. The fourth-order valence-corrected chi connectivity index (χ4v) is 22.4. The van der Waals surface area contributed by atoms with Crippen LogP contribution in [0, 0.1) is 40.5 Å². The van der Waals surface area contributed by atoms with Gasteiger partial charge >= 0.3 is 426 Å². The van der Waals surface area contributed by atoms with Crippen molar-refractivity contribution in [2.24, 2.45) is 15.9 Å². The van der Waals surface area contributed by atoms with Crippen LogP contribution in [0.4, 0.5) is 35.9 Å². The molecule has 146 heavy (non-hydrogen) atoms. The van der Waals surface area contributed by atoms with E-state index in [2.05, 4.69) is 317 Å². The van der Waals surface area contributed by atoms with E-state index in [0.29, 0.717) is 53.3 Å². The molecule has 18 heteroatoms. The molecular formula is C128H142Cl2F3Mo2N6O2S2W-3. The SMILES string of the molecule is CC(C)(C)[CH]=[W]=[N]c1c(Cl)cccc1Cl.CC(C)(O)C(F)(F)F.CC(C)c1cccc(C(C)C)c1[N]=[Mo+2]=[CH]C(C)(C)c1ccccc1.CC(C)c1cccc(C(C)C)c1[N]=[Mo]=[CH]C(C)(C)c1ccccc1.CN(C)c1cc(-c2ccccc2)c(O)c(-c2ccccc2)c1.Cc1ccc(C)[n-]1.Cc1ccc(C)[n-]1.[CH3-].[S-]c1c(-c2ccccc2)cccc1-c1ccccc1.[S-]c1c(-c2ccccc2)cccc1-c1ccccc1. The molecular weight excluding hydrogens is 2220 g/mol. The fourth-order valence-electron chi connectivity index (χ4n) is 14.5. The average molecular weight is 2360 g/mol. The number of aromatic hydroxyl groups is 1. The molecule has 14 aromatic carbocycles. The van der Waals surface area contributed by atoms with Crippen LogP contribution in [-0.4, -0.2) is 49.3 Å². The van der Waals surface area contributed by atoms with Crippen molar-refractivity contribution in [3.8, 4) is 72.5 Å². The van der Waals surface area contributed by atoms with E-state index in [1.54, 1.807) is 0 Å². The van der Waals surface area contributed by atoms with Gasteiger partial charge in [-0.15, -0.1) is 0 Å². The van der Waals surface area contributed by atoms with Crippen molar-refractivity contribution < 1.29 is 77.1 Å². The molecule has 0 bridgehead atoms. The Labute approximate surface area is 915 Å². The Bertz CT molecular complexity index is 6300. The van der Waals surface area contributed by atoms with Crippen molar-refractivity contribution in [2.45, 2.75) is 201 Å². The van der Waals surface area contributed by atoms with Crippen LogP contribution in [-0.2, 0) is 89.8 Å². The summed E-state index contributed by atoms with van der Waals surface area (Å²) in [6.45, 7) is 43.2. The maximum absolute atomic E-state index is 11.3. The number of benzene rings is 14. The Morgan fingerprint density at radius 2 is 0.644 bits per heavy atom. The first-order valence-electron chi connectivity index (χ1n) is 48.6. The van der Waals surface area contributed by atoms with Gasteiger partial charge < -0.3 is 57.8 Å². The molecule has 0 atom stereocenters. The fraction of sp³-hybridized carbons (Fsp3) is 0.250. The molecule has 0 fully saturated rings. The zero-order chi connectivity index (χ0) is 106. The summed E-state index contributed by atoms with van der Waals surface area (Å²) in [4.78, 5) is 12.1. The number of nitrogens with zero attached hydrogens (tertiary/aromatic N) is 6. The molecule has 2 heterocycles. The number of rotatable bonds is 18. The second kappa shape index (κ2) is 59.9. The van der Waals surface area contributed by atoms with E-state index in [-0.39, 0.29) is 23.7 Å². The molecule has 764 valence electrons. The quantitative estimate of drug-likeness (QED) is 0.0500. The molecule has 16 aromatic rings. The summed E-state index contributed by atoms with van der Waals surface area (Å²) in [5.41, 5.74) is 27.8. The second-order valence-electron chi connectivity index (χ2n) is 39.1. The largest absolute Gasteiger partial charge is 0.779 e. The number of anilines is 1. The van der Waals surface area contributed by atoms with Gasteiger partial charge in [0.2, 0.25) is 0 Å². The summed E-state index contributed by atoms with van der Waals surface area (Å²) in [5, 5.41) is 20.3. The van der Waals surface area contributed by atoms with E-state index >= 15 is 0 Å². The number of aromatic nitrogens is 2.